The molecule has 1 saturated heterocycles. The number of carbonyl (C=O) groups is 1. The SMILES string of the molecule is Cc1cc(O[C@@H]2C[C@@H]3CN(Cc4coc(C)n4)C[C@@H]3C[C@H]2O)c2c(C)c(C)c(=O)oc2c1.O=CO. The van der Waals surface area contributed by atoms with E-state index in [2.05, 4.69) is 9.88 Å². The number of rotatable bonds is 4. The highest BCUT2D eigenvalue weighted by Crippen LogP contribution is 2.40. The molecule has 0 amide bonds. The maximum Gasteiger partial charge on any atom is 0.339 e. The number of hydrogen-bond donors (Lipinski definition) is 2. The Hall–Kier alpha value is -3.17. The Morgan fingerprint density at radius 2 is 1.83 bits per heavy atom. The average molecular weight is 485 g/mol. The number of ether oxygens (including phenoxy) is 1. The molecule has 1 aliphatic heterocycles. The van der Waals surface area contributed by atoms with E-state index in [4.69, 9.17) is 23.5 Å². The predicted octanol–water partition coefficient (Wildman–Crippen LogP) is 3.37. The second-order valence-electron chi connectivity index (χ2n) is 9.65. The van der Waals surface area contributed by atoms with Crippen LogP contribution in [0.2, 0.25) is 0 Å². The summed E-state index contributed by atoms with van der Waals surface area (Å²) in [6.45, 7) is 9.94. The molecule has 0 radical (unpaired) electrons. The fourth-order valence-corrected chi connectivity index (χ4v) is 5.40. The molecular weight excluding hydrogens is 452 g/mol. The van der Waals surface area contributed by atoms with Crippen molar-refractivity contribution < 1.29 is 28.6 Å². The zero-order valence-electron chi connectivity index (χ0n) is 20.5. The standard InChI is InChI=1S/C25H30N2O5.CH2O2/c1-13-5-22(24-14(2)15(3)25(29)32-23(24)6-13)31-21-8-18-10-27(9-17(18)7-20(21)28)11-19-12-30-16(4)26-19;2-1-3/h5-6,12,17-18,20-21,28H,7-11H2,1-4H3;1H,(H,2,3)/t17-,18+,20+,21+;/m0./s1. The first-order valence-corrected chi connectivity index (χ1v) is 11.8. The van der Waals surface area contributed by atoms with Crippen LogP contribution in [0.25, 0.3) is 11.0 Å². The van der Waals surface area contributed by atoms with Crippen LogP contribution in [0.3, 0.4) is 0 Å². The molecule has 2 fully saturated rings. The number of likely N-dealkylation sites (tertiary alicyclic amines) is 1. The minimum atomic E-state index is -0.529. The Balaban J connectivity index is 0.000000917. The lowest BCUT2D eigenvalue weighted by Gasteiger charge is -2.35. The molecule has 4 atom stereocenters. The second-order valence-corrected chi connectivity index (χ2v) is 9.65. The first-order chi connectivity index (χ1) is 16.7. The molecule has 0 unspecified atom stereocenters. The fraction of sp³-hybridized carbons (Fsp3) is 0.500. The van der Waals surface area contributed by atoms with E-state index >= 15 is 0 Å². The molecule has 2 aromatic heterocycles. The zero-order chi connectivity index (χ0) is 25.3. The Morgan fingerprint density at radius 1 is 1.14 bits per heavy atom. The lowest BCUT2D eigenvalue weighted by atomic mass is 9.78. The molecule has 1 aliphatic carbocycles. The van der Waals surface area contributed by atoms with Gasteiger partial charge in [-0.2, -0.15) is 0 Å². The van der Waals surface area contributed by atoms with E-state index in [9.17, 15) is 9.90 Å². The van der Waals surface area contributed by atoms with Crippen LogP contribution < -0.4 is 10.4 Å². The highest BCUT2D eigenvalue weighted by atomic mass is 16.5. The van der Waals surface area contributed by atoms with E-state index in [1.807, 2.05) is 32.9 Å². The Kier molecular flexibility index (Phi) is 7.28. The van der Waals surface area contributed by atoms with E-state index in [1.54, 1.807) is 13.2 Å². The number of aromatic nitrogens is 1. The number of aryl methyl sites for hydroxylation is 3. The van der Waals surface area contributed by atoms with Crippen LogP contribution in [0.1, 0.15) is 41.1 Å². The lowest BCUT2D eigenvalue weighted by Crippen LogP contribution is -2.42. The quantitative estimate of drug-likeness (QED) is 0.423. The maximum absolute atomic E-state index is 12.1. The van der Waals surface area contributed by atoms with Crippen molar-refractivity contribution in [3.63, 3.8) is 0 Å². The number of fused-ring (bicyclic) bond motifs is 2. The summed E-state index contributed by atoms with van der Waals surface area (Å²) in [6.07, 6.45) is 2.43. The van der Waals surface area contributed by atoms with Crippen LogP contribution in [0.4, 0.5) is 0 Å². The van der Waals surface area contributed by atoms with Gasteiger partial charge in [-0.3, -0.25) is 9.69 Å². The molecule has 188 valence electrons. The van der Waals surface area contributed by atoms with Crippen molar-refractivity contribution in [2.75, 3.05) is 13.1 Å². The summed E-state index contributed by atoms with van der Waals surface area (Å²) in [5, 5.41) is 18.6. The number of aliphatic hydroxyl groups excluding tert-OH is 1. The first-order valence-electron chi connectivity index (χ1n) is 11.8. The molecule has 3 aromatic rings. The van der Waals surface area contributed by atoms with Crippen molar-refractivity contribution in [1.29, 1.82) is 0 Å². The minimum absolute atomic E-state index is 0.250. The maximum atomic E-state index is 12.1. The van der Waals surface area contributed by atoms with Gasteiger partial charge in [-0.1, -0.05) is 0 Å². The van der Waals surface area contributed by atoms with Crippen LogP contribution in [0.15, 0.2) is 32.0 Å². The number of carboxylic acid groups (broad SMARTS) is 1. The van der Waals surface area contributed by atoms with Gasteiger partial charge in [0, 0.05) is 32.1 Å². The molecule has 1 saturated carbocycles. The first kappa shape index (κ1) is 24.9. The van der Waals surface area contributed by atoms with Gasteiger partial charge in [0.2, 0.25) is 0 Å². The normalized spacial score (nSPS) is 24.0. The highest BCUT2D eigenvalue weighted by Gasteiger charge is 2.43. The van der Waals surface area contributed by atoms with E-state index in [0.29, 0.717) is 34.6 Å². The van der Waals surface area contributed by atoms with Gasteiger partial charge in [-0.05, 0) is 68.7 Å². The van der Waals surface area contributed by atoms with Gasteiger partial charge in [0.15, 0.2) is 5.89 Å². The fourth-order valence-electron chi connectivity index (χ4n) is 5.40. The number of oxazole rings is 1. The van der Waals surface area contributed by atoms with E-state index in [1.165, 1.54) is 0 Å². The van der Waals surface area contributed by atoms with Crippen molar-refractivity contribution in [3.8, 4) is 5.75 Å². The molecule has 9 heteroatoms. The van der Waals surface area contributed by atoms with Crippen LogP contribution in [-0.4, -0.2) is 51.9 Å². The number of hydrogen-bond acceptors (Lipinski definition) is 8. The van der Waals surface area contributed by atoms with E-state index in [0.717, 1.165) is 54.7 Å². The highest BCUT2D eigenvalue weighted by molar-refractivity contribution is 5.88. The van der Waals surface area contributed by atoms with Crippen molar-refractivity contribution in [2.45, 2.75) is 59.3 Å². The summed E-state index contributed by atoms with van der Waals surface area (Å²) in [5.41, 5.74) is 3.58. The van der Waals surface area contributed by atoms with E-state index < -0.39 is 6.10 Å². The summed E-state index contributed by atoms with van der Waals surface area (Å²) in [7, 11) is 0. The molecule has 5 rings (SSSR count). The summed E-state index contributed by atoms with van der Waals surface area (Å²) >= 11 is 0. The minimum Gasteiger partial charge on any atom is -0.487 e. The molecule has 35 heavy (non-hydrogen) atoms. The van der Waals surface area contributed by atoms with Crippen molar-refractivity contribution in [3.05, 3.63) is 57.1 Å². The molecule has 3 heterocycles. The largest absolute Gasteiger partial charge is 0.487 e. The Morgan fingerprint density at radius 3 is 2.49 bits per heavy atom. The van der Waals surface area contributed by atoms with Gasteiger partial charge in [-0.15, -0.1) is 0 Å². The monoisotopic (exact) mass is 484 g/mol. The molecule has 0 bridgehead atoms. The molecule has 0 spiro atoms. The van der Waals surface area contributed by atoms with E-state index in [-0.39, 0.29) is 18.2 Å². The van der Waals surface area contributed by atoms with Gasteiger partial charge < -0.3 is 23.8 Å². The van der Waals surface area contributed by atoms with Crippen LogP contribution in [0.5, 0.6) is 5.75 Å². The third-order valence-corrected chi connectivity index (χ3v) is 7.15. The topological polar surface area (TPSA) is 126 Å². The average Bonchev–Trinajstić information content (AvgIpc) is 3.37. The summed E-state index contributed by atoms with van der Waals surface area (Å²) in [5.74, 6) is 2.29. The number of nitrogens with zero attached hydrogens (tertiary/aromatic N) is 2. The zero-order valence-corrected chi connectivity index (χ0v) is 20.5. The van der Waals surface area contributed by atoms with Crippen LogP contribution in [0, 0.1) is 39.5 Å². The molecular formula is C26H32N2O7. The molecule has 1 aromatic carbocycles. The van der Waals surface area contributed by atoms with Crippen molar-refractivity contribution in [2.24, 2.45) is 11.8 Å². The smallest absolute Gasteiger partial charge is 0.339 e. The second kappa shape index (κ2) is 10.2. The summed E-state index contributed by atoms with van der Waals surface area (Å²) in [4.78, 5) is 27.3. The summed E-state index contributed by atoms with van der Waals surface area (Å²) < 4.78 is 17.3. The third kappa shape index (κ3) is 5.26. The molecule has 2 N–H and O–H groups in total. The molecule has 2 aliphatic rings. The predicted molar refractivity (Wildman–Crippen MR) is 129 cm³/mol. The van der Waals surface area contributed by atoms with Crippen molar-refractivity contribution in [1.82, 2.24) is 9.88 Å². The third-order valence-electron chi connectivity index (χ3n) is 7.15. The Labute approximate surface area is 203 Å². The Bertz CT molecular complexity index is 1260. The number of aliphatic hydroxyl groups is 1. The van der Waals surface area contributed by atoms with Gasteiger partial charge >= 0.3 is 5.63 Å². The van der Waals surface area contributed by atoms with Crippen LogP contribution in [-0.2, 0) is 11.3 Å². The van der Waals surface area contributed by atoms with Gasteiger partial charge in [0.1, 0.15) is 23.7 Å². The van der Waals surface area contributed by atoms with Gasteiger partial charge in [-0.25, -0.2) is 9.78 Å². The summed E-state index contributed by atoms with van der Waals surface area (Å²) in [6, 6.07) is 3.84. The number of benzene rings is 1. The van der Waals surface area contributed by atoms with Gasteiger partial charge in [0.25, 0.3) is 6.47 Å². The molecule has 9 nitrogen and oxygen atoms in total. The lowest BCUT2D eigenvalue weighted by molar-refractivity contribution is -0.122. The van der Waals surface area contributed by atoms with Crippen molar-refractivity contribution >= 4 is 17.4 Å². The van der Waals surface area contributed by atoms with Gasteiger partial charge in [0.05, 0.1) is 17.2 Å². The van der Waals surface area contributed by atoms with Crippen LogP contribution >= 0.6 is 0 Å².